The zero-order valence-electron chi connectivity index (χ0n) is 11.0. The van der Waals surface area contributed by atoms with Gasteiger partial charge in [0.2, 0.25) is 0 Å². The van der Waals surface area contributed by atoms with Crippen LogP contribution in [0.15, 0.2) is 42.6 Å². The highest BCUT2D eigenvalue weighted by Gasteiger charge is 2.03. The standard InChI is InChI=1S/C15H16N4O/c16-10-12-9-13(17)11-19-15(12)18-7-4-8-20-14-5-2-1-3-6-14/h1-3,5-6,9,11H,4,7-8,17H2,(H,18,19). The van der Waals surface area contributed by atoms with Crippen molar-refractivity contribution in [2.75, 3.05) is 24.2 Å². The van der Waals surface area contributed by atoms with Crippen LogP contribution >= 0.6 is 0 Å². The molecule has 0 amide bonds. The summed E-state index contributed by atoms with van der Waals surface area (Å²) in [5.41, 5.74) is 6.52. The monoisotopic (exact) mass is 268 g/mol. The van der Waals surface area contributed by atoms with Crippen molar-refractivity contribution in [3.05, 3.63) is 48.2 Å². The van der Waals surface area contributed by atoms with Gasteiger partial charge in [-0.25, -0.2) is 4.98 Å². The minimum absolute atomic E-state index is 0.453. The number of aromatic nitrogens is 1. The fourth-order valence-corrected chi connectivity index (χ4v) is 1.69. The Hall–Kier alpha value is -2.74. The number of para-hydroxylation sites is 1. The molecule has 0 atom stereocenters. The van der Waals surface area contributed by atoms with Crippen molar-refractivity contribution in [1.29, 1.82) is 5.26 Å². The second kappa shape index (κ2) is 7.00. The molecule has 0 unspecified atom stereocenters. The summed E-state index contributed by atoms with van der Waals surface area (Å²) in [6.45, 7) is 1.28. The predicted molar refractivity (Wildman–Crippen MR) is 78.4 cm³/mol. The molecule has 0 bridgehead atoms. The summed E-state index contributed by atoms with van der Waals surface area (Å²) in [5, 5.41) is 12.1. The lowest BCUT2D eigenvalue weighted by molar-refractivity contribution is 0.315. The fraction of sp³-hybridized carbons (Fsp3) is 0.200. The van der Waals surface area contributed by atoms with Gasteiger partial charge in [0, 0.05) is 6.54 Å². The third-order valence-electron chi connectivity index (χ3n) is 2.65. The molecule has 102 valence electrons. The van der Waals surface area contributed by atoms with Gasteiger partial charge in [0.05, 0.1) is 24.1 Å². The van der Waals surface area contributed by atoms with Crippen molar-refractivity contribution in [2.45, 2.75) is 6.42 Å². The first-order valence-corrected chi connectivity index (χ1v) is 6.37. The molecular formula is C15H16N4O. The summed E-state index contributed by atoms with van der Waals surface area (Å²) < 4.78 is 5.57. The third-order valence-corrected chi connectivity index (χ3v) is 2.65. The summed E-state index contributed by atoms with van der Waals surface area (Å²) in [6.07, 6.45) is 2.34. The molecule has 0 aliphatic rings. The average Bonchev–Trinajstić information content (AvgIpc) is 2.49. The molecule has 2 aromatic rings. The van der Waals surface area contributed by atoms with E-state index in [2.05, 4.69) is 16.4 Å². The normalized spacial score (nSPS) is 9.75. The van der Waals surface area contributed by atoms with Crippen LogP contribution in [0.1, 0.15) is 12.0 Å². The molecule has 20 heavy (non-hydrogen) atoms. The highest BCUT2D eigenvalue weighted by Crippen LogP contribution is 2.14. The van der Waals surface area contributed by atoms with Gasteiger partial charge in [-0.2, -0.15) is 5.26 Å². The molecule has 0 saturated carbocycles. The van der Waals surface area contributed by atoms with Gasteiger partial charge in [-0.15, -0.1) is 0 Å². The number of rotatable bonds is 6. The van der Waals surface area contributed by atoms with Crippen LogP contribution in [-0.4, -0.2) is 18.1 Å². The second-order valence-corrected chi connectivity index (χ2v) is 4.22. The van der Waals surface area contributed by atoms with E-state index in [4.69, 9.17) is 15.7 Å². The van der Waals surface area contributed by atoms with E-state index in [1.807, 2.05) is 30.3 Å². The lowest BCUT2D eigenvalue weighted by atomic mass is 10.2. The maximum atomic E-state index is 8.98. The molecular weight excluding hydrogens is 252 g/mol. The van der Waals surface area contributed by atoms with Crippen LogP contribution in [0.2, 0.25) is 0 Å². The Balaban J connectivity index is 1.75. The quantitative estimate of drug-likeness (QED) is 0.786. The number of ether oxygens (including phenoxy) is 1. The fourth-order valence-electron chi connectivity index (χ4n) is 1.69. The Morgan fingerprint density at radius 2 is 2.10 bits per heavy atom. The first-order chi connectivity index (χ1) is 9.79. The molecule has 0 radical (unpaired) electrons. The number of pyridine rings is 1. The molecule has 0 aliphatic carbocycles. The maximum absolute atomic E-state index is 8.98. The molecule has 3 N–H and O–H groups in total. The Morgan fingerprint density at radius 1 is 1.30 bits per heavy atom. The van der Waals surface area contributed by atoms with E-state index in [9.17, 15) is 0 Å². The van der Waals surface area contributed by atoms with Crippen LogP contribution in [0, 0.1) is 11.3 Å². The largest absolute Gasteiger partial charge is 0.494 e. The molecule has 1 aromatic heterocycles. The third kappa shape index (κ3) is 3.89. The van der Waals surface area contributed by atoms with Gasteiger partial charge < -0.3 is 15.8 Å². The SMILES string of the molecule is N#Cc1cc(N)cnc1NCCCOc1ccccc1. The summed E-state index contributed by atoms with van der Waals surface area (Å²) in [7, 11) is 0. The van der Waals surface area contributed by atoms with Gasteiger partial charge in [-0.3, -0.25) is 0 Å². The number of nitrogens with zero attached hydrogens (tertiary/aromatic N) is 2. The summed E-state index contributed by atoms with van der Waals surface area (Å²) in [5.74, 6) is 1.41. The van der Waals surface area contributed by atoms with Crippen molar-refractivity contribution in [2.24, 2.45) is 0 Å². The lowest BCUT2D eigenvalue weighted by Crippen LogP contribution is -2.09. The molecule has 1 heterocycles. The number of hydrogen-bond donors (Lipinski definition) is 2. The number of benzene rings is 1. The number of nitrogens with two attached hydrogens (primary N) is 1. The van der Waals surface area contributed by atoms with Gasteiger partial charge in [0.1, 0.15) is 17.6 Å². The number of nitriles is 1. The maximum Gasteiger partial charge on any atom is 0.144 e. The highest BCUT2D eigenvalue weighted by atomic mass is 16.5. The summed E-state index contributed by atoms with van der Waals surface area (Å²) in [4.78, 5) is 4.11. The van der Waals surface area contributed by atoms with Crippen molar-refractivity contribution in [3.8, 4) is 11.8 Å². The van der Waals surface area contributed by atoms with E-state index in [0.29, 0.717) is 30.2 Å². The Bertz CT molecular complexity index is 593. The van der Waals surface area contributed by atoms with E-state index >= 15 is 0 Å². The highest BCUT2D eigenvalue weighted by molar-refractivity contribution is 5.57. The smallest absolute Gasteiger partial charge is 0.144 e. The predicted octanol–water partition coefficient (Wildman–Crippen LogP) is 2.42. The summed E-state index contributed by atoms with van der Waals surface area (Å²) >= 11 is 0. The number of nitrogens with one attached hydrogen (secondary N) is 1. The molecule has 1 aromatic carbocycles. The van der Waals surface area contributed by atoms with Crippen LogP contribution < -0.4 is 15.8 Å². The van der Waals surface area contributed by atoms with E-state index in [1.165, 1.54) is 6.20 Å². The van der Waals surface area contributed by atoms with E-state index < -0.39 is 0 Å². The second-order valence-electron chi connectivity index (χ2n) is 4.22. The van der Waals surface area contributed by atoms with E-state index in [1.54, 1.807) is 6.07 Å². The zero-order chi connectivity index (χ0) is 14.2. The van der Waals surface area contributed by atoms with Crippen molar-refractivity contribution in [3.63, 3.8) is 0 Å². The van der Waals surface area contributed by atoms with Gasteiger partial charge in [-0.05, 0) is 24.6 Å². The van der Waals surface area contributed by atoms with Crippen LogP contribution in [0.3, 0.4) is 0 Å². The minimum Gasteiger partial charge on any atom is -0.494 e. The molecule has 5 heteroatoms. The molecule has 0 saturated heterocycles. The number of anilines is 2. The van der Waals surface area contributed by atoms with Gasteiger partial charge in [0.25, 0.3) is 0 Å². The number of nitrogen functional groups attached to an aromatic ring is 1. The Labute approximate surface area is 118 Å². The molecule has 0 fully saturated rings. The lowest BCUT2D eigenvalue weighted by Gasteiger charge is -2.08. The van der Waals surface area contributed by atoms with Crippen LogP contribution in [-0.2, 0) is 0 Å². The molecule has 2 rings (SSSR count). The summed E-state index contributed by atoms with van der Waals surface area (Å²) in [6, 6.07) is 13.3. The average molecular weight is 268 g/mol. The van der Waals surface area contributed by atoms with Crippen LogP contribution in [0.4, 0.5) is 11.5 Å². The number of hydrogen-bond acceptors (Lipinski definition) is 5. The first kappa shape index (κ1) is 13.7. The van der Waals surface area contributed by atoms with E-state index in [-0.39, 0.29) is 0 Å². The van der Waals surface area contributed by atoms with Gasteiger partial charge in [0.15, 0.2) is 0 Å². The Kier molecular flexibility index (Phi) is 4.79. The Morgan fingerprint density at radius 3 is 2.85 bits per heavy atom. The van der Waals surface area contributed by atoms with E-state index in [0.717, 1.165) is 12.2 Å². The molecule has 0 spiro atoms. The minimum atomic E-state index is 0.453. The van der Waals surface area contributed by atoms with Crippen molar-refractivity contribution < 1.29 is 4.74 Å². The first-order valence-electron chi connectivity index (χ1n) is 6.37. The van der Waals surface area contributed by atoms with Crippen molar-refractivity contribution >= 4 is 11.5 Å². The molecule has 5 nitrogen and oxygen atoms in total. The zero-order valence-corrected chi connectivity index (χ0v) is 11.0. The molecule has 0 aliphatic heterocycles. The van der Waals surface area contributed by atoms with Gasteiger partial charge >= 0.3 is 0 Å². The van der Waals surface area contributed by atoms with Crippen LogP contribution in [0.5, 0.6) is 5.75 Å². The van der Waals surface area contributed by atoms with Crippen LogP contribution in [0.25, 0.3) is 0 Å². The van der Waals surface area contributed by atoms with Gasteiger partial charge in [-0.1, -0.05) is 18.2 Å². The topological polar surface area (TPSA) is 84.0 Å². The van der Waals surface area contributed by atoms with Crippen molar-refractivity contribution in [1.82, 2.24) is 4.98 Å².